The highest BCUT2D eigenvalue weighted by molar-refractivity contribution is 6.30. The highest BCUT2D eigenvalue weighted by Crippen LogP contribution is 2.58. The molecule has 8 heteroatoms. The maximum Gasteiger partial charge on any atom is 0.258 e. The maximum absolute atomic E-state index is 13.5. The Kier molecular flexibility index (Phi) is 6.21. The van der Waals surface area contributed by atoms with Gasteiger partial charge in [0.2, 0.25) is 5.91 Å². The van der Waals surface area contributed by atoms with Gasteiger partial charge >= 0.3 is 0 Å². The van der Waals surface area contributed by atoms with Crippen molar-refractivity contribution in [2.75, 3.05) is 19.7 Å². The van der Waals surface area contributed by atoms with E-state index >= 15 is 0 Å². The Bertz CT molecular complexity index is 815. The average Bonchev–Trinajstić information content (AvgIpc) is 3.22. The van der Waals surface area contributed by atoms with Crippen LogP contribution in [0.3, 0.4) is 0 Å². The topological polar surface area (TPSA) is 79.5 Å². The van der Waals surface area contributed by atoms with Gasteiger partial charge in [0.25, 0.3) is 5.91 Å². The van der Waals surface area contributed by atoms with Crippen molar-refractivity contribution in [3.8, 4) is 5.75 Å². The Labute approximate surface area is 181 Å². The van der Waals surface area contributed by atoms with Crippen LogP contribution in [0.5, 0.6) is 5.75 Å². The quantitative estimate of drug-likeness (QED) is 0.612. The lowest BCUT2D eigenvalue weighted by Crippen LogP contribution is -2.50. The molecule has 2 bridgehead atoms. The zero-order valence-corrected chi connectivity index (χ0v) is 17.9. The van der Waals surface area contributed by atoms with Gasteiger partial charge in [-0.05, 0) is 62.6 Å². The minimum Gasteiger partial charge on any atom is -0.484 e. The molecule has 0 radical (unpaired) electrons. The molecule has 0 aromatic heterocycles. The molecule has 3 N–H and O–H groups in total. The minimum absolute atomic E-state index is 0.00915. The smallest absolute Gasteiger partial charge is 0.258 e. The lowest BCUT2D eigenvalue weighted by Gasteiger charge is -2.37. The van der Waals surface area contributed by atoms with Crippen molar-refractivity contribution in [1.29, 1.82) is 0 Å². The average molecular weight is 438 g/mol. The Hall–Kier alpha value is -1.86. The molecule has 30 heavy (non-hydrogen) atoms. The number of hydrogen-bond donors (Lipinski definition) is 3. The number of amides is 2. The van der Waals surface area contributed by atoms with Crippen molar-refractivity contribution < 1.29 is 18.7 Å². The molecule has 6 nitrogen and oxygen atoms in total. The van der Waals surface area contributed by atoms with E-state index in [-0.39, 0.29) is 40.7 Å². The third kappa shape index (κ3) is 4.57. The summed E-state index contributed by atoms with van der Waals surface area (Å²) in [5.74, 6) is 0.543. The number of benzene rings is 1. The van der Waals surface area contributed by atoms with E-state index < -0.39 is 5.82 Å². The van der Waals surface area contributed by atoms with Crippen LogP contribution in [0.1, 0.15) is 39.0 Å². The zero-order valence-electron chi connectivity index (χ0n) is 17.2. The van der Waals surface area contributed by atoms with E-state index in [1.54, 1.807) is 0 Å². The lowest BCUT2D eigenvalue weighted by atomic mass is 9.69. The van der Waals surface area contributed by atoms with Gasteiger partial charge < -0.3 is 20.7 Å². The van der Waals surface area contributed by atoms with Crippen LogP contribution in [0, 0.1) is 23.1 Å². The Morgan fingerprint density at radius 2 is 2.13 bits per heavy atom. The monoisotopic (exact) mass is 437 g/mol. The van der Waals surface area contributed by atoms with Gasteiger partial charge in [0.15, 0.2) is 6.61 Å². The molecule has 4 fully saturated rings. The SMILES string of the molecule is CC1CCNC(CNC(=O)C23CC(C2)C(NC(=O)COc2ccc(Cl)c(F)c2)C3)C1. The number of piperidine rings is 1. The molecular formula is C22H29ClFN3O3. The van der Waals surface area contributed by atoms with Gasteiger partial charge in [-0.25, -0.2) is 4.39 Å². The second-order valence-electron chi connectivity index (χ2n) is 9.18. The first-order valence-electron chi connectivity index (χ1n) is 10.7. The number of carbonyl (C=O) groups is 2. The maximum atomic E-state index is 13.5. The summed E-state index contributed by atoms with van der Waals surface area (Å²) in [5.41, 5.74) is -0.344. The van der Waals surface area contributed by atoms with E-state index in [0.717, 1.165) is 31.9 Å². The van der Waals surface area contributed by atoms with Crippen LogP contribution in [0.15, 0.2) is 18.2 Å². The highest BCUT2D eigenvalue weighted by Gasteiger charge is 2.60. The molecule has 1 aromatic carbocycles. The number of carbonyl (C=O) groups excluding carboxylic acids is 2. The first-order valence-corrected chi connectivity index (χ1v) is 11.1. The molecule has 4 aliphatic rings. The number of nitrogens with one attached hydrogen (secondary N) is 3. The first kappa shape index (κ1) is 21.4. The van der Waals surface area contributed by atoms with E-state index in [1.807, 2.05) is 0 Å². The summed E-state index contributed by atoms with van der Waals surface area (Å²) in [6.45, 7) is 3.73. The molecule has 1 aliphatic heterocycles. The zero-order chi connectivity index (χ0) is 21.3. The van der Waals surface area contributed by atoms with Gasteiger partial charge in [0, 0.05) is 24.7 Å². The van der Waals surface area contributed by atoms with Gasteiger partial charge in [-0.2, -0.15) is 0 Å². The standard InChI is InChI=1S/C22H29ClFN3O3/c1-13-4-5-25-15(6-13)11-26-21(29)22-8-14(9-22)19(10-22)27-20(28)12-30-16-2-3-17(23)18(24)7-16/h2-3,7,13-15,19,25H,4-6,8-12H2,1H3,(H,26,29)(H,27,28). The summed E-state index contributed by atoms with van der Waals surface area (Å²) < 4.78 is 18.8. The third-order valence-corrected chi connectivity index (χ3v) is 7.15. The summed E-state index contributed by atoms with van der Waals surface area (Å²) in [6, 6.07) is 4.40. The van der Waals surface area contributed by atoms with Gasteiger partial charge in [-0.15, -0.1) is 0 Å². The predicted molar refractivity (Wildman–Crippen MR) is 112 cm³/mol. The summed E-state index contributed by atoms with van der Waals surface area (Å²) >= 11 is 5.64. The van der Waals surface area contributed by atoms with Crippen molar-refractivity contribution in [2.45, 2.75) is 51.1 Å². The van der Waals surface area contributed by atoms with Crippen LogP contribution in [0.25, 0.3) is 0 Å². The molecule has 2 amide bonds. The number of rotatable bonds is 7. The normalized spacial score (nSPS) is 32.2. The van der Waals surface area contributed by atoms with E-state index in [0.29, 0.717) is 30.8 Å². The van der Waals surface area contributed by atoms with Gasteiger partial charge in [0.1, 0.15) is 11.6 Å². The summed E-state index contributed by atoms with van der Waals surface area (Å²) in [5, 5.41) is 9.60. The largest absolute Gasteiger partial charge is 0.484 e. The van der Waals surface area contributed by atoms with Gasteiger partial charge in [-0.1, -0.05) is 18.5 Å². The summed E-state index contributed by atoms with van der Waals surface area (Å²) in [7, 11) is 0. The fourth-order valence-corrected chi connectivity index (χ4v) is 5.29. The summed E-state index contributed by atoms with van der Waals surface area (Å²) in [4.78, 5) is 25.1. The number of fused-ring (bicyclic) bond motifs is 1. The molecule has 1 heterocycles. The molecule has 3 atom stereocenters. The van der Waals surface area contributed by atoms with Crippen molar-refractivity contribution in [1.82, 2.24) is 16.0 Å². The van der Waals surface area contributed by atoms with E-state index in [4.69, 9.17) is 16.3 Å². The molecule has 3 unspecified atom stereocenters. The Morgan fingerprint density at radius 1 is 1.33 bits per heavy atom. The second-order valence-corrected chi connectivity index (χ2v) is 9.59. The molecular weight excluding hydrogens is 409 g/mol. The molecule has 1 aromatic rings. The van der Waals surface area contributed by atoms with Crippen LogP contribution < -0.4 is 20.7 Å². The van der Waals surface area contributed by atoms with Crippen LogP contribution >= 0.6 is 11.6 Å². The predicted octanol–water partition coefficient (Wildman–Crippen LogP) is 2.65. The van der Waals surface area contributed by atoms with Crippen LogP contribution in [-0.4, -0.2) is 43.6 Å². The minimum atomic E-state index is -0.586. The third-order valence-electron chi connectivity index (χ3n) is 6.84. The van der Waals surface area contributed by atoms with Crippen LogP contribution in [-0.2, 0) is 9.59 Å². The highest BCUT2D eigenvalue weighted by atomic mass is 35.5. The van der Waals surface area contributed by atoms with Crippen molar-refractivity contribution in [3.05, 3.63) is 29.0 Å². The van der Waals surface area contributed by atoms with Gasteiger partial charge in [-0.3, -0.25) is 9.59 Å². The second kappa shape index (κ2) is 8.71. The summed E-state index contributed by atoms with van der Waals surface area (Å²) in [6.07, 6.45) is 4.59. The van der Waals surface area contributed by atoms with Gasteiger partial charge in [0.05, 0.1) is 10.4 Å². The molecule has 1 saturated heterocycles. The fourth-order valence-electron chi connectivity index (χ4n) is 5.17. The number of halogens is 2. The van der Waals surface area contributed by atoms with E-state index in [1.165, 1.54) is 18.6 Å². The van der Waals surface area contributed by atoms with Crippen molar-refractivity contribution >= 4 is 23.4 Å². The van der Waals surface area contributed by atoms with Crippen molar-refractivity contribution in [2.24, 2.45) is 17.3 Å². The molecule has 3 saturated carbocycles. The molecule has 5 rings (SSSR count). The van der Waals surface area contributed by atoms with Crippen LogP contribution in [0.2, 0.25) is 5.02 Å². The van der Waals surface area contributed by atoms with Crippen LogP contribution in [0.4, 0.5) is 4.39 Å². The Balaban J connectivity index is 1.21. The van der Waals surface area contributed by atoms with E-state index in [2.05, 4.69) is 22.9 Å². The first-order chi connectivity index (χ1) is 14.3. The number of hydrogen-bond acceptors (Lipinski definition) is 4. The molecule has 164 valence electrons. The molecule has 3 aliphatic carbocycles. The lowest BCUT2D eigenvalue weighted by molar-refractivity contribution is -0.135. The van der Waals surface area contributed by atoms with Crippen molar-refractivity contribution in [3.63, 3.8) is 0 Å². The number of ether oxygens (including phenoxy) is 1. The fraction of sp³-hybridized carbons (Fsp3) is 0.636. The van der Waals surface area contributed by atoms with E-state index in [9.17, 15) is 14.0 Å². The molecule has 0 spiro atoms. The Morgan fingerprint density at radius 3 is 2.87 bits per heavy atom.